The molecular formula is C22H26N4O2. The number of fused-ring (bicyclic) bond motifs is 1. The predicted molar refractivity (Wildman–Crippen MR) is 111 cm³/mol. The van der Waals surface area contributed by atoms with E-state index in [9.17, 15) is 4.79 Å². The molecule has 2 aromatic heterocycles. The Bertz CT molecular complexity index is 1010. The monoisotopic (exact) mass is 378 g/mol. The Morgan fingerprint density at radius 3 is 2.89 bits per heavy atom. The van der Waals surface area contributed by atoms with Crippen LogP contribution >= 0.6 is 0 Å². The summed E-state index contributed by atoms with van der Waals surface area (Å²) in [5.41, 5.74) is 3.62. The van der Waals surface area contributed by atoms with Crippen LogP contribution in [-0.4, -0.2) is 33.8 Å². The fraction of sp³-hybridized carbons (Fsp3) is 0.364. The highest BCUT2D eigenvalue weighted by Crippen LogP contribution is 2.20. The first-order chi connectivity index (χ1) is 13.7. The minimum atomic E-state index is -0.0365. The molecule has 6 heteroatoms. The van der Waals surface area contributed by atoms with E-state index in [2.05, 4.69) is 15.2 Å². The van der Waals surface area contributed by atoms with Gasteiger partial charge in [-0.1, -0.05) is 12.1 Å². The van der Waals surface area contributed by atoms with Crippen LogP contribution in [0.4, 0.5) is 5.69 Å². The van der Waals surface area contributed by atoms with Crippen molar-refractivity contribution in [2.24, 2.45) is 7.05 Å². The third kappa shape index (κ3) is 3.79. The summed E-state index contributed by atoms with van der Waals surface area (Å²) in [6.07, 6.45) is 5.95. The number of hydrogen-bond acceptors (Lipinski definition) is 5. The number of aliphatic hydroxyl groups is 1. The third-order valence-corrected chi connectivity index (χ3v) is 5.51. The molecule has 6 nitrogen and oxygen atoms in total. The molecule has 0 amide bonds. The predicted octanol–water partition coefficient (Wildman–Crippen LogP) is 2.18. The van der Waals surface area contributed by atoms with Crippen LogP contribution in [0.15, 0.2) is 53.6 Å². The normalized spacial score (nSPS) is 17.2. The highest BCUT2D eigenvalue weighted by atomic mass is 16.3. The van der Waals surface area contributed by atoms with Gasteiger partial charge in [0.1, 0.15) is 0 Å². The molecule has 1 aliphatic rings. The number of benzene rings is 1. The van der Waals surface area contributed by atoms with Crippen LogP contribution in [0.25, 0.3) is 10.9 Å². The van der Waals surface area contributed by atoms with Gasteiger partial charge in [0.05, 0.1) is 29.7 Å². The number of piperidine rings is 1. The van der Waals surface area contributed by atoms with Crippen LogP contribution in [0.2, 0.25) is 0 Å². The van der Waals surface area contributed by atoms with Crippen LogP contribution in [0, 0.1) is 0 Å². The zero-order valence-electron chi connectivity index (χ0n) is 16.1. The molecule has 0 saturated carbocycles. The van der Waals surface area contributed by atoms with E-state index in [0.717, 1.165) is 48.1 Å². The summed E-state index contributed by atoms with van der Waals surface area (Å²) in [5, 5.41) is 13.5. The lowest BCUT2D eigenvalue weighted by Gasteiger charge is -2.34. The number of nitrogens with zero attached hydrogens (tertiary/aromatic N) is 3. The van der Waals surface area contributed by atoms with Crippen molar-refractivity contribution >= 4 is 16.6 Å². The lowest BCUT2D eigenvalue weighted by molar-refractivity contribution is 0.277. The molecule has 0 spiro atoms. The second kappa shape index (κ2) is 8.12. The molecule has 1 atom stereocenters. The van der Waals surface area contributed by atoms with E-state index in [-0.39, 0.29) is 12.0 Å². The molecule has 3 aromatic rings. The number of hydrogen-bond donors (Lipinski definition) is 2. The van der Waals surface area contributed by atoms with Gasteiger partial charge in [-0.05, 0) is 37.1 Å². The molecule has 146 valence electrons. The quantitative estimate of drug-likeness (QED) is 0.712. The lowest BCUT2D eigenvalue weighted by Crippen LogP contribution is -2.46. The van der Waals surface area contributed by atoms with E-state index in [1.165, 1.54) is 0 Å². The van der Waals surface area contributed by atoms with Crippen molar-refractivity contribution < 1.29 is 5.11 Å². The summed E-state index contributed by atoms with van der Waals surface area (Å²) >= 11 is 0. The van der Waals surface area contributed by atoms with Crippen LogP contribution in [-0.2, 0) is 20.2 Å². The van der Waals surface area contributed by atoms with Gasteiger partial charge in [-0.2, -0.15) is 0 Å². The first-order valence-corrected chi connectivity index (χ1v) is 9.77. The van der Waals surface area contributed by atoms with E-state index >= 15 is 0 Å². The zero-order valence-corrected chi connectivity index (χ0v) is 16.1. The van der Waals surface area contributed by atoms with Gasteiger partial charge in [0.25, 0.3) is 0 Å². The first-order valence-electron chi connectivity index (χ1n) is 9.77. The summed E-state index contributed by atoms with van der Waals surface area (Å²) in [6, 6.07) is 11.9. The van der Waals surface area contributed by atoms with Crippen molar-refractivity contribution in [3.05, 3.63) is 70.3 Å². The Morgan fingerprint density at radius 1 is 1.25 bits per heavy atom. The van der Waals surface area contributed by atoms with E-state index in [1.54, 1.807) is 0 Å². The average molecular weight is 378 g/mol. The van der Waals surface area contributed by atoms with Crippen molar-refractivity contribution in [2.45, 2.75) is 32.0 Å². The van der Waals surface area contributed by atoms with Crippen molar-refractivity contribution in [1.29, 1.82) is 0 Å². The molecule has 1 saturated heterocycles. The average Bonchev–Trinajstić information content (AvgIpc) is 2.75. The Balaban J connectivity index is 1.45. The minimum Gasteiger partial charge on any atom is -0.390 e. The van der Waals surface area contributed by atoms with Crippen LogP contribution < -0.4 is 15.6 Å². The van der Waals surface area contributed by atoms with E-state index in [0.29, 0.717) is 18.3 Å². The molecule has 0 radical (unpaired) electrons. The van der Waals surface area contributed by atoms with Gasteiger partial charge < -0.3 is 19.9 Å². The fourth-order valence-electron chi connectivity index (χ4n) is 3.96. The smallest absolute Gasteiger partial charge is 0.193 e. The second-order valence-electron chi connectivity index (χ2n) is 7.44. The van der Waals surface area contributed by atoms with Gasteiger partial charge in [-0.25, -0.2) is 0 Å². The maximum absolute atomic E-state index is 12.8. The Morgan fingerprint density at radius 2 is 2.11 bits per heavy atom. The molecule has 0 unspecified atom stereocenters. The van der Waals surface area contributed by atoms with Gasteiger partial charge in [-0.3, -0.25) is 9.78 Å². The zero-order chi connectivity index (χ0) is 19.5. The minimum absolute atomic E-state index is 0.0365. The fourth-order valence-corrected chi connectivity index (χ4v) is 3.96. The van der Waals surface area contributed by atoms with E-state index in [4.69, 9.17) is 5.11 Å². The number of nitrogens with one attached hydrogen (secondary N) is 1. The number of rotatable bonds is 5. The third-order valence-electron chi connectivity index (χ3n) is 5.51. The topological polar surface area (TPSA) is 70.4 Å². The molecule has 2 N–H and O–H groups in total. The lowest BCUT2D eigenvalue weighted by atomic mass is 10.0. The van der Waals surface area contributed by atoms with Crippen molar-refractivity contribution in [1.82, 2.24) is 14.9 Å². The van der Waals surface area contributed by atoms with Gasteiger partial charge in [0.15, 0.2) is 5.43 Å². The molecule has 3 heterocycles. The summed E-state index contributed by atoms with van der Waals surface area (Å²) < 4.78 is 2.02. The molecular weight excluding hydrogens is 352 g/mol. The Kier molecular flexibility index (Phi) is 5.41. The largest absolute Gasteiger partial charge is 0.390 e. The summed E-state index contributed by atoms with van der Waals surface area (Å²) in [4.78, 5) is 19.4. The first kappa shape index (κ1) is 18.7. The maximum Gasteiger partial charge on any atom is 0.193 e. The summed E-state index contributed by atoms with van der Waals surface area (Å²) in [5.74, 6) is 0. The van der Waals surface area contributed by atoms with Gasteiger partial charge in [-0.15, -0.1) is 0 Å². The molecule has 28 heavy (non-hydrogen) atoms. The highest BCUT2D eigenvalue weighted by Gasteiger charge is 2.20. The second-order valence-corrected chi connectivity index (χ2v) is 7.44. The Labute approximate surface area is 164 Å². The Hall–Kier alpha value is -2.70. The molecule has 0 aliphatic carbocycles. The van der Waals surface area contributed by atoms with Crippen molar-refractivity contribution in [3.8, 4) is 0 Å². The van der Waals surface area contributed by atoms with Crippen LogP contribution in [0.5, 0.6) is 0 Å². The molecule has 1 aliphatic heterocycles. The number of pyridine rings is 2. The molecule has 1 fully saturated rings. The highest BCUT2D eigenvalue weighted by molar-refractivity contribution is 5.79. The summed E-state index contributed by atoms with van der Waals surface area (Å²) in [7, 11) is 1.98. The summed E-state index contributed by atoms with van der Waals surface area (Å²) in [6.45, 7) is 2.41. The maximum atomic E-state index is 12.8. The van der Waals surface area contributed by atoms with Gasteiger partial charge >= 0.3 is 0 Å². The van der Waals surface area contributed by atoms with E-state index in [1.807, 2.05) is 60.4 Å². The van der Waals surface area contributed by atoms with Crippen LogP contribution in [0.3, 0.4) is 0 Å². The van der Waals surface area contributed by atoms with Gasteiger partial charge in [0, 0.05) is 49.9 Å². The number of anilines is 1. The standard InChI is InChI=1S/C22H26N4O2/c1-25-13-16(22(28)20-6-2-3-7-21(20)25)11-23-17-5-4-10-26(14-17)19-9-8-18(15-27)24-12-19/h2-3,6-9,12-13,17,23,27H,4-5,10-11,14-15H2,1H3/t17-/m0/s1. The number of aryl methyl sites for hydroxylation is 1. The van der Waals surface area contributed by atoms with Crippen molar-refractivity contribution in [2.75, 3.05) is 18.0 Å². The van der Waals surface area contributed by atoms with Crippen LogP contribution in [0.1, 0.15) is 24.1 Å². The SMILES string of the molecule is Cn1cc(CN[C@H]2CCCN(c3ccc(CO)nc3)C2)c(=O)c2ccccc21. The number of aliphatic hydroxyl groups excluding tert-OH is 1. The number of aromatic nitrogens is 2. The molecule has 1 aromatic carbocycles. The van der Waals surface area contributed by atoms with Crippen molar-refractivity contribution in [3.63, 3.8) is 0 Å². The molecule has 0 bridgehead atoms. The molecule has 4 rings (SSSR count). The van der Waals surface area contributed by atoms with Gasteiger partial charge in [0.2, 0.25) is 0 Å². The van der Waals surface area contributed by atoms with E-state index < -0.39 is 0 Å². The number of para-hydroxylation sites is 1.